The molecule has 2 rings (SSSR count). The van der Waals surface area contributed by atoms with Gasteiger partial charge in [-0.3, -0.25) is 0 Å². The van der Waals surface area contributed by atoms with E-state index < -0.39 is 0 Å². The molecule has 1 aliphatic rings. The number of nitrogens with two attached hydrogens (primary N) is 1. The van der Waals surface area contributed by atoms with E-state index in [4.69, 9.17) is 5.73 Å². The summed E-state index contributed by atoms with van der Waals surface area (Å²) in [6.07, 6.45) is 9.86. The Labute approximate surface area is 110 Å². The van der Waals surface area contributed by atoms with Crippen molar-refractivity contribution in [2.24, 2.45) is 5.73 Å². The van der Waals surface area contributed by atoms with Crippen LogP contribution in [0.4, 0.5) is 0 Å². The molecule has 1 aromatic rings. The minimum Gasteiger partial charge on any atom is -0.328 e. The number of aryl methyl sites for hydroxylation is 2. The summed E-state index contributed by atoms with van der Waals surface area (Å²) >= 11 is 0. The minimum atomic E-state index is 0.289. The highest BCUT2D eigenvalue weighted by atomic mass is 15.3. The molecule has 0 bridgehead atoms. The van der Waals surface area contributed by atoms with Gasteiger partial charge in [-0.25, -0.2) is 0 Å². The predicted molar refractivity (Wildman–Crippen MR) is 73.5 cm³/mol. The number of aromatic nitrogens is 3. The van der Waals surface area contributed by atoms with Crippen LogP contribution in [0.2, 0.25) is 0 Å². The van der Waals surface area contributed by atoms with Gasteiger partial charge >= 0.3 is 0 Å². The van der Waals surface area contributed by atoms with Gasteiger partial charge in [0.25, 0.3) is 0 Å². The number of rotatable bonds is 5. The van der Waals surface area contributed by atoms with Crippen LogP contribution >= 0.6 is 0 Å². The van der Waals surface area contributed by atoms with E-state index in [1.807, 2.05) is 0 Å². The van der Waals surface area contributed by atoms with Crippen molar-refractivity contribution < 1.29 is 0 Å². The second kappa shape index (κ2) is 6.32. The molecule has 1 aliphatic carbocycles. The van der Waals surface area contributed by atoms with Gasteiger partial charge in [-0.15, -0.1) is 10.2 Å². The molecule has 4 heteroatoms. The van der Waals surface area contributed by atoms with Crippen molar-refractivity contribution in [3.8, 4) is 0 Å². The molecule has 0 spiro atoms. The Morgan fingerprint density at radius 2 is 2.00 bits per heavy atom. The fourth-order valence-corrected chi connectivity index (χ4v) is 2.98. The highest BCUT2D eigenvalue weighted by molar-refractivity contribution is 4.98. The molecule has 0 radical (unpaired) electrons. The van der Waals surface area contributed by atoms with Crippen LogP contribution in [-0.2, 0) is 6.42 Å². The van der Waals surface area contributed by atoms with E-state index in [0.29, 0.717) is 6.04 Å². The van der Waals surface area contributed by atoms with Crippen molar-refractivity contribution >= 4 is 0 Å². The molecule has 1 atom stereocenters. The maximum Gasteiger partial charge on any atom is 0.133 e. The first-order valence-electron chi connectivity index (χ1n) is 7.34. The summed E-state index contributed by atoms with van der Waals surface area (Å²) in [6, 6.07) is 0.927. The Hall–Kier alpha value is -0.900. The molecular formula is C14H26N4. The lowest BCUT2D eigenvalue weighted by molar-refractivity contribution is 0.339. The highest BCUT2D eigenvalue weighted by Crippen LogP contribution is 2.30. The van der Waals surface area contributed by atoms with Crippen molar-refractivity contribution in [2.75, 3.05) is 0 Å². The topological polar surface area (TPSA) is 56.7 Å². The van der Waals surface area contributed by atoms with Gasteiger partial charge in [0.2, 0.25) is 0 Å². The lowest BCUT2D eigenvalue weighted by Gasteiger charge is -2.25. The molecule has 102 valence electrons. The zero-order chi connectivity index (χ0) is 13.0. The standard InChI is InChI=1S/C14H26N4/c1-11(15)7-6-10-14-17-16-12(2)18(14)13-8-4-3-5-9-13/h11,13H,3-10,15H2,1-2H3. The maximum atomic E-state index is 5.80. The zero-order valence-corrected chi connectivity index (χ0v) is 11.7. The Morgan fingerprint density at radius 1 is 1.28 bits per heavy atom. The van der Waals surface area contributed by atoms with Crippen LogP contribution in [-0.4, -0.2) is 20.8 Å². The van der Waals surface area contributed by atoms with Gasteiger partial charge < -0.3 is 10.3 Å². The first-order valence-corrected chi connectivity index (χ1v) is 7.34. The van der Waals surface area contributed by atoms with Crippen molar-refractivity contribution in [2.45, 2.75) is 77.3 Å². The summed E-state index contributed by atoms with van der Waals surface area (Å²) in [7, 11) is 0. The molecule has 2 N–H and O–H groups in total. The molecule has 1 unspecified atom stereocenters. The smallest absolute Gasteiger partial charge is 0.133 e. The third-order valence-electron chi connectivity index (χ3n) is 3.94. The lowest BCUT2D eigenvalue weighted by atomic mass is 9.95. The van der Waals surface area contributed by atoms with E-state index in [9.17, 15) is 0 Å². The normalized spacial score (nSPS) is 19.1. The average molecular weight is 250 g/mol. The monoisotopic (exact) mass is 250 g/mol. The molecule has 0 aromatic carbocycles. The number of nitrogens with zero attached hydrogens (tertiary/aromatic N) is 3. The van der Waals surface area contributed by atoms with Crippen molar-refractivity contribution in [3.05, 3.63) is 11.6 Å². The molecule has 4 nitrogen and oxygen atoms in total. The summed E-state index contributed by atoms with van der Waals surface area (Å²) in [5.74, 6) is 2.25. The van der Waals surface area contributed by atoms with Crippen LogP contribution < -0.4 is 5.73 Å². The first kappa shape index (κ1) is 13.5. The van der Waals surface area contributed by atoms with E-state index >= 15 is 0 Å². The number of hydrogen-bond donors (Lipinski definition) is 1. The average Bonchev–Trinajstić information content (AvgIpc) is 2.71. The fraction of sp³-hybridized carbons (Fsp3) is 0.857. The molecule has 0 aliphatic heterocycles. The summed E-state index contributed by atoms with van der Waals surface area (Å²) in [6.45, 7) is 4.15. The summed E-state index contributed by atoms with van der Waals surface area (Å²) in [5.41, 5.74) is 5.80. The largest absolute Gasteiger partial charge is 0.328 e. The Balaban J connectivity index is 2.01. The van der Waals surface area contributed by atoms with Crippen LogP contribution in [0.15, 0.2) is 0 Å². The molecule has 1 aromatic heterocycles. The van der Waals surface area contributed by atoms with E-state index in [0.717, 1.165) is 25.1 Å². The quantitative estimate of drug-likeness (QED) is 0.874. The Morgan fingerprint density at radius 3 is 2.67 bits per heavy atom. The van der Waals surface area contributed by atoms with Gasteiger partial charge in [0.1, 0.15) is 11.6 Å². The first-order chi connectivity index (χ1) is 8.68. The molecule has 0 saturated heterocycles. The van der Waals surface area contributed by atoms with E-state index in [2.05, 4.69) is 28.6 Å². The Bertz CT molecular complexity index is 364. The van der Waals surface area contributed by atoms with Gasteiger partial charge in [-0.1, -0.05) is 19.3 Å². The maximum absolute atomic E-state index is 5.80. The van der Waals surface area contributed by atoms with Gasteiger partial charge in [0, 0.05) is 18.5 Å². The fourth-order valence-electron chi connectivity index (χ4n) is 2.98. The summed E-state index contributed by atoms with van der Waals surface area (Å²) < 4.78 is 2.39. The molecule has 18 heavy (non-hydrogen) atoms. The van der Waals surface area contributed by atoms with Gasteiger partial charge in [0.05, 0.1) is 0 Å². The third-order valence-corrected chi connectivity index (χ3v) is 3.94. The second-order valence-electron chi connectivity index (χ2n) is 5.69. The lowest BCUT2D eigenvalue weighted by Crippen LogP contribution is -2.18. The summed E-state index contributed by atoms with van der Waals surface area (Å²) in [4.78, 5) is 0. The van der Waals surface area contributed by atoms with Gasteiger partial charge in [-0.2, -0.15) is 0 Å². The highest BCUT2D eigenvalue weighted by Gasteiger charge is 2.20. The van der Waals surface area contributed by atoms with Crippen LogP contribution in [0, 0.1) is 6.92 Å². The minimum absolute atomic E-state index is 0.289. The molecule has 1 fully saturated rings. The van der Waals surface area contributed by atoms with Crippen LogP contribution in [0.25, 0.3) is 0 Å². The SMILES string of the molecule is Cc1nnc(CCCC(C)N)n1C1CCCCC1. The van der Waals surface area contributed by atoms with Crippen LogP contribution in [0.1, 0.15) is 69.6 Å². The van der Waals surface area contributed by atoms with Crippen molar-refractivity contribution in [1.82, 2.24) is 14.8 Å². The van der Waals surface area contributed by atoms with E-state index in [-0.39, 0.29) is 6.04 Å². The van der Waals surface area contributed by atoms with Crippen molar-refractivity contribution in [1.29, 1.82) is 0 Å². The van der Waals surface area contributed by atoms with Gasteiger partial charge in [0.15, 0.2) is 0 Å². The number of hydrogen-bond acceptors (Lipinski definition) is 3. The van der Waals surface area contributed by atoms with Crippen molar-refractivity contribution in [3.63, 3.8) is 0 Å². The second-order valence-corrected chi connectivity index (χ2v) is 5.69. The molecule has 1 saturated carbocycles. The predicted octanol–water partition coefficient (Wildman–Crippen LogP) is 2.76. The third kappa shape index (κ3) is 3.31. The molecule has 1 heterocycles. The Kier molecular flexibility index (Phi) is 4.75. The van der Waals surface area contributed by atoms with E-state index in [1.54, 1.807) is 0 Å². The van der Waals surface area contributed by atoms with E-state index in [1.165, 1.54) is 37.9 Å². The summed E-state index contributed by atoms with van der Waals surface area (Å²) in [5, 5.41) is 8.63. The molecule has 0 amide bonds. The van der Waals surface area contributed by atoms with Gasteiger partial charge in [-0.05, 0) is 39.5 Å². The van der Waals surface area contributed by atoms with Crippen LogP contribution in [0.5, 0.6) is 0 Å². The zero-order valence-electron chi connectivity index (χ0n) is 11.7. The molecular weight excluding hydrogens is 224 g/mol. The van der Waals surface area contributed by atoms with Crippen LogP contribution in [0.3, 0.4) is 0 Å².